The SMILES string of the molecule is O=c1n(CCCCBr)c2ccccc2n1Cc1ccccc1. The first-order chi connectivity index (χ1) is 10.8. The molecule has 0 amide bonds. The predicted octanol–water partition coefficient (Wildman–Crippen LogP) is 4.03. The summed E-state index contributed by atoms with van der Waals surface area (Å²) in [6.07, 6.45) is 2.08. The molecule has 0 N–H and O–H groups in total. The molecule has 2 aromatic carbocycles. The average Bonchev–Trinajstić information content (AvgIpc) is 2.82. The van der Waals surface area contributed by atoms with Crippen molar-refractivity contribution in [3.8, 4) is 0 Å². The second-order valence-corrected chi connectivity index (χ2v) is 6.18. The quantitative estimate of drug-likeness (QED) is 0.482. The third-order valence-electron chi connectivity index (χ3n) is 3.87. The second-order valence-electron chi connectivity index (χ2n) is 5.39. The maximum absolute atomic E-state index is 12.8. The Kier molecular flexibility index (Phi) is 4.78. The molecule has 4 heteroatoms. The highest BCUT2D eigenvalue weighted by molar-refractivity contribution is 9.09. The highest BCUT2D eigenvalue weighted by atomic mass is 79.9. The Bertz CT molecular complexity index is 805. The predicted molar refractivity (Wildman–Crippen MR) is 94.8 cm³/mol. The van der Waals surface area contributed by atoms with E-state index in [-0.39, 0.29) is 5.69 Å². The normalized spacial score (nSPS) is 11.1. The highest BCUT2D eigenvalue weighted by Crippen LogP contribution is 2.15. The van der Waals surface area contributed by atoms with Crippen LogP contribution in [0.15, 0.2) is 59.4 Å². The van der Waals surface area contributed by atoms with Crippen molar-refractivity contribution in [1.82, 2.24) is 9.13 Å². The van der Waals surface area contributed by atoms with Gasteiger partial charge in [0, 0.05) is 11.9 Å². The molecule has 3 rings (SSSR count). The minimum absolute atomic E-state index is 0.0830. The van der Waals surface area contributed by atoms with Gasteiger partial charge in [0.05, 0.1) is 17.6 Å². The highest BCUT2D eigenvalue weighted by Gasteiger charge is 2.12. The fraction of sp³-hybridized carbons (Fsp3) is 0.278. The van der Waals surface area contributed by atoms with Crippen LogP contribution in [0.2, 0.25) is 0 Å². The molecule has 0 bridgehead atoms. The Morgan fingerprint density at radius 1 is 0.818 bits per heavy atom. The van der Waals surface area contributed by atoms with Crippen LogP contribution in [0, 0.1) is 0 Å². The van der Waals surface area contributed by atoms with Gasteiger partial charge < -0.3 is 0 Å². The first-order valence-electron chi connectivity index (χ1n) is 7.59. The zero-order valence-corrected chi connectivity index (χ0v) is 14.0. The minimum Gasteiger partial charge on any atom is -0.292 e. The summed E-state index contributed by atoms with van der Waals surface area (Å²) in [5.74, 6) is 0. The largest absolute Gasteiger partial charge is 0.329 e. The maximum atomic E-state index is 12.8. The van der Waals surface area contributed by atoms with Gasteiger partial charge in [0.25, 0.3) is 0 Å². The molecule has 0 aliphatic carbocycles. The molecule has 1 aromatic heterocycles. The van der Waals surface area contributed by atoms with Gasteiger partial charge in [-0.2, -0.15) is 0 Å². The van der Waals surface area contributed by atoms with E-state index in [1.54, 1.807) is 0 Å². The number of halogens is 1. The topological polar surface area (TPSA) is 26.9 Å². The van der Waals surface area contributed by atoms with Crippen LogP contribution >= 0.6 is 15.9 Å². The molecule has 0 radical (unpaired) electrons. The number of hydrogen-bond donors (Lipinski definition) is 0. The molecular formula is C18H19BrN2O. The average molecular weight is 359 g/mol. The van der Waals surface area contributed by atoms with E-state index in [9.17, 15) is 4.79 Å². The zero-order valence-electron chi connectivity index (χ0n) is 12.4. The van der Waals surface area contributed by atoms with Gasteiger partial charge in [0.1, 0.15) is 0 Å². The van der Waals surface area contributed by atoms with Gasteiger partial charge in [-0.15, -0.1) is 0 Å². The summed E-state index contributed by atoms with van der Waals surface area (Å²) in [4.78, 5) is 12.8. The Morgan fingerprint density at radius 2 is 1.45 bits per heavy atom. The molecule has 0 saturated heterocycles. The zero-order chi connectivity index (χ0) is 15.4. The number of benzene rings is 2. The molecule has 114 valence electrons. The van der Waals surface area contributed by atoms with Crippen LogP contribution in [-0.2, 0) is 13.1 Å². The molecule has 0 unspecified atom stereocenters. The summed E-state index contributed by atoms with van der Waals surface area (Å²) < 4.78 is 3.78. The monoisotopic (exact) mass is 358 g/mol. The second kappa shape index (κ2) is 6.97. The minimum atomic E-state index is 0.0830. The Hall–Kier alpha value is -1.81. The molecule has 22 heavy (non-hydrogen) atoms. The van der Waals surface area contributed by atoms with Crippen LogP contribution in [0.5, 0.6) is 0 Å². The molecular weight excluding hydrogens is 340 g/mol. The van der Waals surface area contributed by atoms with E-state index < -0.39 is 0 Å². The van der Waals surface area contributed by atoms with Crippen molar-refractivity contribution < 1.29 is 0 Å². The van der Waals surface area contributed by atoms with Crippen molar-refractivity contribution >= 4 is 27.0 Å². The first-order valence-corrected chi connectivity index (χ1v) is 8.71. The van der Waals surface area contributed by atoms with Crippen molar-refractivity contribution in [2.75, 3.05) is 5.33 Å². The number of nitrogens with zero attached hydrogens (tertiary/aromatic N) is 2. The summed E-state index contributed by atoms with van der Waals surface area (Å²) >= 11 is 3.45. The van der Waals surface area contributed by atoms with Crippen molar-refractivity contribution in [3.63, 3.8) is 0 Å². The Balaban J connectivity index is 2.02. The summed E-state index contributed by atoms with van der Waals surface area (Å²) in [5.41, 5.74) is 3.26. The lowest BCUT2D eigenvalue weighted by molar-refractivity contribution is 0.609. The summed E-state index contributed by atoms with van der Waals surface area (Å²) in [6, 6.07) is 18.2. The van der Waals surface area contributed by atoms with Gasteiger partial charge in [-0.1, -0.05) is 58.4 Å². The number of fused-ring (bicyclic) bond motifs is 1. The van der Waals surface area contributed by atoms with Gasteiger partial charge in [-0.05, 0) is 30.5 Å². The standard InChI is InChI=1S/C18H19BrN2O/c19-12-6-7-13-20-16-10-4-5-11-17(16)21(18(20)22)14-15-8-2-1-3-9-15/h1-5,8-11H,6-7,12-14H2. The smallest absolute Gasteiger partial charge is 0.292 e. The molecule has 3 nitrogen and oxygen atoms in total. The fourth-order valence-corrected chi connectivity index (χ4v) is 3.17. The van der Waals surface area contributed by atoms with Gasteiger partial charge in [0.15, 0.2) is 0 Å². The van der Waals surface area contributed by atoms with Gasteiger partial charge in [-0.25, -0.2) is 4.79 Å². The van der Waals surface area contributed by atoms with E-state index >= 15 is 0 Å². The number of aromatic nitrogens is 2. The van der Waals surface area contributed by atoms with Crippen molar-refractivity contribution in [1.29, 1.82) is 0 Å². The van der Waals surface area contributed by atoms with Crippen molar-refractivity contribution in [3.05, 3.63) is 70.6 Å². The maximum Gasteiger partial charge on any atom is 0.329 e. The van der Waals surface area contributed by atoms with Crippen molar-refractivity contribution in [2.24, 2.45) is 0 Å². The molecule has 0 aliphatic heterocycles. The number of rotatable bonds is 6. The van der Waals surface area contributed by atoms with E-state index in [0.717, 1.165) is 41.3 Å². The first kappa shape index (κ1) is 15.1. The van der Waals surface area contributed by atoms with Gasteiger partial charge in [0.2, 0.25) is 0 Å². The molecule has 0 atom stereocenters. The van der Waals surface area contributed by atoms with E-state index in [1.165, 1.54) is 0 Å². The van der Waals surface area contributed by atoms with Crippen LogP contribution in [0.1, 0.15) is 18.4 Å². The summed E-state index contributed by atoms with van der Waals surface area (Å²) in [7, 11) is 0. The van der Waals surface area contributed by atoms with E-state index in [1.807, 2.05) is 51.6 Å². The Morgan fingerprint density at radius 3 is 2.14 bits per heavy atom. The Labute approximate surface area is 138 Å². The number of imidazole rings is 1. The van der Waals surface area contributed by atoms with Crippen LogP contribution < -0.4 is 5.69 Å². The third-order valence-corrected chi connectivity index (χ3v) is 4.43. The number of aryl methyl sites for hydroxylation is 1. The molecule has 0 aliphatic rings. The number of unbranched alkanes of at least 4 members (excludes halogenated alkanes) is 1. The molecule has 0 fully saturated rings. The van der Waals surface area contributed by atoms with Crippen LogP contribution in [0.3, 0.4) is 0 Å². The number of hydrogen-bond acceptors (Lipinski definition) is 1. The van der Waals surface area contributed by atoms with Crippen LogP contribution in [-0.4, -0.2) is 14.5 Å². The summed E-state index contributed by atoms with van der Waals surface area (Å²) in [6.45, 7) is 1.39. The van der Waals surface area contributed by atoms with Gasteiger partial charge in [-0.3, -0.25) is 9.13 Å². The molecule has 3 aromatic rings. The third kappa shape index (κ3) is 3.02. The van der Waals surface area contributed by atoms with Gasteiger partial charge >= 0.3 is 5.69 Å². The molecule has 0 saturated carbocycles. The number of para-hydroxylation sites is 2. The van der Waals surface area contributed by atoms with E-state index in [2.05, 4.69) is 28.1 Å². The lowest BCUT2D eigenvalue weighted by atomic mass is 10.2. The lowest BCUT2D eigenvalue weighted by Gasteiger charge is -2.03. The van der Waals surface area contributed by atoms with E-state index in [4.69, 9.17) is 0 Å². The fourth-order valence-electron chi connectivity index (χ4n) is 2.77. The van der Waals surface area contributed by atoms with Crippen LogP contribution in [0.4, 0.5) is 0 Å². The molecule has 1 heterocycles. The lowest BCUT2D eigenvalue weighted by Crippen LogP contribution is -2.25. The summed E-state index contributed by atoms with van der Waals surface area (Å²) in [5, 5.41) is 0.977. The van der Waals surface area contributed by atoms with E-state index in [0.29, 0.717) is 6.54 Å². The number of alkyl halides is 1. The molecule has 0 spiro atoms. The van der Waals surface area contributed by atoms with Crippen molar-refractivity contribution in [2.45, 2.75) is 25.9 Å². The van der Waals surface area contributed by atoms with Crippen LogP contribution in [0.25, 0.3) is 11.0 Å².